The van der Waals surface area contributed by atoms with Crippen LogP contribution in [0.4, 0.5) is 20.2 Å². The number of rotatable bonds is 5. The molecule has 0 aliphatic carbocycles. The first-order valence-electron chi connectivity index (χ1n) is 8.97. The Kier molecular flexibility index (Phi) is 5.89. The van der Waals surface area contributed by atoms with E-state index in [0.29, 0.717) is 6.07 Å². The Morgan fingerprint density at radius 2 is 1.57 bits per heavy atom. The number of carbonyl (C=O) groups excluding carboxylic acids is 1. The number of benzene rings is 3. The number of sulfonamides is 1. The molecule has 8 heteroatoms. The summed E-state index contributed by atoms with van der Waals surface area (Å²) in [6, 6.07) is 15.2. The summed E-state index contributed by atoms with van der Waals surface area (Å²) in [7, 11) is -2.27. The van der Waals surface area contributed by atoms with Crippen molar-refractivity contribution in [2.45, 2.75) is 6.92 Å². The lowest BCUT2D eigenvalue weighted by Crippen LogP contribution is -2.26. The van der Waals surface area contributed by atoms with Crippen LogP contribution in [-0.2, 0) is 10.0 Å². The van der Waals surface area contributed by atoms with Crippen molar-refractivity contribution in [3.8, 4) is 11.1 Å². The second-order valence-electron chi connectivity index (χ2n) is 6.91. The molecule has 0 atom stereocenters. The zero-order chi connectivity index (χ0) is 22.1. The number of amides is 1. The van der Waals surface area contributed by atoms with Crippen LogP contribution in [0.3, 0.4) is 0 Å². The van der Waals surface area contributed by atoms with Crippen molar-refractivity contribution in [1.82, 2.24) is 0 Å². The molecular weight excluding hydrogens is 410 g/mol. The molecule has 0 heterocycles. The molecular formula is C22H20F2N2O3S. The van der Waals surface area contributed by atoms with Gasteiger partial charge in [0, 0.05) is 13.1 Å². The van der Waals surface area contributed by atoms with E-state index in [9.17, 15) is 22.0 Å². The number of hydrogen-bond acceptors (Lipinski definition) is 3. The Morgan fingerprint density at radius 3 is 2.17 bits per heavy atom. The lowest BCUT2D eigenvalue weighted by molar-refractivity contribution is 0.102. The topological polar surface area (TPSA) is 66.5 Å². The van der Waals surface area contributed by atoms with Crippen molar-refractivity contribution in [2.24, 2.45) is 0 Å². The highest BCUT2D eigenvalue weighted by Gasteiger charge is 2.20. The standard InChI is InChI=1S/C22H20F2N2O3S/c1-14-4-6-15(7-5-14)16-8-11-21(26(2)30(3,28)29)20(12-16)25-22(27)18-10-9-17(23)13-19(18)24/h4-13H,1-3H3,(H,25,27). The van der Waals surface area contributed by atoms with Crippen molar-refractivity contribution >= 4 is 27.3 Å². The average molecular weight is 430 g/mol. The molecule has 0 saturated heterocycles. The smallest absolute Gasteiger partial charge is 0.258 e. The van der Waals surface area contributed by atoms with Crippen molar-refractivity contribution in [1.29, 1.82) is 0 Å². The monoisotopic (exact) mass is 430 g/mol. The number of carbonyl (C=O) groups is 1. The summed E-state index contributed by atoms with van der Waals surface area (Å²) in [6.45, 7) is 1.96. The van der Waals surface area contributed by atoms with Crippen molar-refractivity contribution in [3.05, 3.63) is 83.4 Å². The molecule has 0 aromatic heterocycles. The van der Waals surface area contributed by atoms with Crippen LogP contribution >= 0.6 is 0 Å². The van der Waals surface area contributed by atoms with Crippen LogP contribution in [0.2, 0.25) is 0 Å². The Morgan fingerprint density at radius 1 is 0.933 bits per heavy atom. The van der Waals surface area contributed by atoms with Gasteiger partial charge >= 0.3 is 0 Å². The van der Waals surface area contributed by atoms with Crippen LogP contribution in [0.1, 0.15) is 15.9 Å². The number of hydrogen-bond donors (Lipinski definition) is 1. The molecule has 0 radical (unpaired) electrons. The summed E-state index contributed by atoms with van der Waals surface area (Å²) in [5.74, 6) is -2.64. The lowest BCUT2D eigenvalue weighted by Gasteiger charge is -2.21. The molecule has 3 aromatic rings. The molecule has 1 N–H and O–H groups in total. The molecule has 0 aliphatic heterocycles. The van der Waals surface area contributed by atoms with Crippen LogP contribution in [0.15, 0.2) is 60.7 Å². The van der Waals surface area contributed by atoms with Crippen LogP contribution in [-0.4, -0.2) is 27.6 Å². The van der Waals surface area contributed by atoms with E-state index in [1.165, 1.54) is 7.05 Å². The van der Waals surface area contributed by atoms with Gasteiger partial charge in [-0.15, -0.1) is 0 Å². The third-order valence-corrected chi connectivity index (χ3v) is 5.83. The van der Waals surface area contributed by atoms with E-state index in [0.717, 1.165) is 39.4 Å². The van der Waals surface area contributed by atoms with E-state index in [1.807, 2.05) is 31.2 Å². The second-order valence-corrected chi connectivity index (χ2v) is 8.92. The van der Waals surface area contributed by atoms with E-state index >= 15 is 0 Å². The van der Waals surface area contributed by atoms with Crippen molar-refractivity contribution in [3.63, 3.8) is 0 Å². The zero-order valence-electron chi connectivity index (χ0n) is 16.6. The van der Waals surface area contributed by atoms with Gasteiger partial charge in [-0.05, 0) is 42.3 Å². The summed E-state index contributed by atoms with van der Waals surface area (Å²) < 4.78 is 52.3. The Hall–Kier alpha value is -3.26. The maximum Gasteiger partial charge on any atom is 0.258 e. The van der Waals surface area contributed by atoms with Gasteiger partial charge in [-0.25, -0.2) is 17.2 Å². The van der Waals surface area contributed by atoms with Gasteiger partial charge in [-0.1, -0.05) is 35.9 Å². The van der Waals surface area contributed by atoms with Crippen LogP contribution in [0.5, 0.6) is 0 Å². The number of nitrogens with zero attached hydrogens (tertiary/aromatic N) is 1. The SMILES string of the molecule is Cc1ccc(-c2ccc(N(C)S(C)(=O)=O)c(NC(=O)c3ccc(F)cc3F)c2)cc1. The quantitative estimate of drug-likeness (QED) is 0.644. The Balaban J connectivity index is 2.07. The van der Waals surface area contributed by atoms with E-state index in [-0.39, 0.29) is 16.9 Å². The molecule has 156 valence electrons. The largest absolute Gasteiger partial charge is 0.320 e. The van der Waals surface area contributed by atoms with Crippen molar-refractivity contribution in [2.75, 3.05) is 22.9 Å². The van der Waals surface area contributed by atoms with Gasteiger partial charge in [0.25, 0.3) is 5.91 Å². The minimum Gasteiger partial charge on any atom is -0.320 e. The molecule has 3 aromatic carbocycles. The average Bonchev–Trinajstić information content (AvgIpc) is 2.67. The third kappa shape index (κ3) is 4.65. The Labute approximate surface area is 174 Å². The number of aryl methyl sites for hydroxylation is 1. The fourth-order valence-corrected chi connectivity index (χ4v) is 3.39. The first-order chi connectivity index (χ1) is 14.1. The number of halogens is 2. The van der Waals surface area contributed by atoms with E-state index < -0.39 is 27.6 Å². The van der Waals surface area contributed by atoms with Gasteiger partial charge in [0.2, 0.25) is 10.0 Å². The highest BCUT2D eigenvalue weighted by molar-refractivity contribution is 7.92. The van der Waals surface area contributed by atoms with Crippen LogP contribution in [0.25, 0.3) is 11.1 Å². The van der Waals surface area contributed by atoms with Crippen LogP contribution in [0, 0.1) is 18.6 Å². The molecule has 3 rings (SSSR count). The molecule has 0 fully saturated rings. The molecule has 1 amide bonds. The minimum atomic E-state index is -3.62. The first kappa shape index (κ1) is 21.4. The fourth-order valence-electron chi connectivity index (χ4n) is 2.88. The normalized spacial score (nSPS) is 11.2. The predicted octanol–water partition coefficient (Wildman–Crippen LogP) is 4.59. The van der Waals surface area contributed by atoms with Gasteiger partial charge in [-0.2, -0.15) is 0 Å². The van der Waals surface area contributed by atoms with E-state index in [4.69, 9.17) is 0 Å². The van der Waals surface area contributed by atoms with E-state index in [1.54, 1.807) is 18.2 Å². The summed E-state index contributed by atoms with van der Waals surface area (Å²) in [5.41, 5.74) is 2.70. The molecule has 0 aliphatic rings. The van der Waals surface area contributed by atoms with Gasteiger partial charge in [-0.3, -0.25) is 9.10 Å². The zero-order valence-corrected chi connectivity index (χ0v) is 17.4. The lowest BCUT2D eigenvalue weighted by atomic mass is 10.0. The van der Waals surface area contributed by atoms with Gasteiger partial charge < -0.3 is 5.32 Å². The maximum atomic E-state index is 14.0. The minimum absolute atomic E-state index is 0.176. The van der Waals surface area contributed by atoms with Crippen LogP contribution < -0.4 is 9.62 Å². The number of nitrogens with one attached hydrogen (secondary N) is 1. The molecule has 30 heavy (non-hydrogen) atoms. The predicted molar refractivity (Wildman–Crippen MR) is 114 cm³/mol. The highest BCUT2D eigenvalue weighted by atomic mass is 32.2. The third-order valence-electron chi connectivity index (χ3n) is 4.64. The van der Waals surface area contributed by atoms with Gasteiger partial charge in [0.15, 0.2) is 0 Å². The van der Waals surface area contributed by atoms with Crippen molar-refractivity contribution < 1.29 is 22.0 Å². The summed E-state index contributed by atoms with van der Waals surface area (Å²) in [4.78, 5) is 12.6. The van der Waals surface area contributed by atoms with E-state index in [2.05, 4.69) is 5.32 Å². The summed E-state index contributed by atoms with van der Waals surface area (Å²) in [6.07, 6.45) is 1.03. The molecule has 0 unspecified atom stereocenters. The summed E-state index contributed by atoms with van der Waals surface area (Å²) >= 11 is 0. The summed E-state index contributed by atoms with van der Waals surface area (Å²) in [5, 5.41) is 2.55. The fraction of sp³-hybridized carbons (Fsp3) is 0.136. The molecule has 0 spiro atoms. The molecule has 5 nitrogen and oxygen atoms in total. The molecule has 0 saturated carbocycles. The Bertz CT molecular complexity index is 1210. The maximum absolute atomic E-state index is 14.0. The van der Waals surface area contributed by atoms with Gasteiger partial charge in [0.1, 0.15) is 11.6 Å². The first-order valence-corrected chi connectivity index (χ1v) is 10.8. The highest BCUT2D eigenvalue weighted by Crippen LogP contribution is 2.33. The molecule has 0 bridgehead atoms. The number of anilines is 2. The second kappa shape index (κ2) is 8.23. The van der Waals surface area contributed by atoms with Gasteiger partial charge in [0.05, 0.1) is 23.2 Å².